The van der Waals surface area contributed by atoms with E-state index in [0.717, 1.165) is 9.35 Å². The third-order valence-corrected chi connectivity index (χ3v) is 6.88. The van der Waals surface area contributed by atoms with E-state index in [1.165, 1.54) is 22.9 Å². The number of thiophene rings is 1. The number of phenolic OH excluding ortho intramolecular Hbond substituents is 1. The van der Waals surface area contributed by atoms with Crippen LogP contribution in [0, 0.1) is 0 Å². The molecule has 1 aliphatic rings. The first kappa shape index (κ1) is 21.1. The SMILES string of the molecule is O=C1/C(=C/c2cccs2)S/C(=N/N=C\c2cc(Br)cc(Br)c2O)N1Cc1ccco1. The second kappa shape index (κ2) is 9.34. The Bertz CT molecular complexity index is 1160. The predicted octanol–water partition coefficient (Wildman–Crippen LogP) is 6.08. The number of nitrogens with zero attached hydrogens (tertiary/aromatic N) is 3. The molecule has 1 saturated heterocycles. The van der Waals surface area contributed by atoms with E-state index in [1.807, 2.05) is 23.6 Å². The highest BCUT2D eigenvalue weighted by Crippen LogP contribution is 2.35. The van der Waals surface area contributed by atoms with E-state index >= 15 is 0 Å². The van der Waals surface area contributed by atoms with Gasteiger partial charge in [0.25, 0.3) is 5.91 Å². The van der Waals surface area contributed by atoms with Gasteiger partial charge in [-0.1, -0.05) is 22.0 Å². The van der Waals surface area contributed by atoms with Crippen LogP contribution in [0.5, 0.6) is 5.75 Å². The number of aromatic hydroxyl groups is 1. The highest BCUT2D eigenvalue weighted by Gasteiger charge is 2.34. The fourth-order valence-corrected chi connectivity index (χ4v) is 5.52. The zero-order valence-electron chi connectivity index (χ0n) is 15.2. The van der Waals surface area contributed by atoms with Crippen molar-refractivity contribution >= 4 is 78.3 Å². The normalized spacial score (nSPS) is 17.1. The van der Waals surface area contributed by atoms with Gasteiger partial charge in [-0.3, -0.25) is 9.69 Å². The first-order chi connectivity index (χ1) is 14.5. The summed E-state index contributed by atoms with van der Waals surface area (Å²) in [7, 11) is 0. The molecule has 4 rings (SSSR count). The van der Waals surface area contributed by atoms with Crippen LogP contribution in [0.1, 0.15) is 16.2 Å². The Morgan fingerprint density at radius 1 is 1.23 bits per heavy atom. The molecule has 3 heterocycles. The second-order valence-electron chi connectivity index (χ2n) is 6.05. The Balaban J connectivity index is 1.64. The molecule has 1 aromatic carbocycles. The molecule has 1 N–H and O–H groups in total. The second-order valence-corrected chi connectivity index (χ2v) is 9.81. The Kier molecular flexibility index (Phi) is 6.57. The van der Waals surface area contributed by atoms with Gasteiger partial charge in [-0.05, 0) is 69.5 Å². The summed E-state index contributed by atoms with van der Waals surface area (Å²) in [5.41, 5.74) is 0.488. The summed E-state index contributed by atoms with van der Waals surface area (Å²) >= 11 is 9.47. The summed E-state index contributed by atoms with van der Waals surface area (Å²) in [6.45, 7) is 0.253. The maximum Gasteiger partial charge on any atom is 0.267 e. The van der Waals surface area contributed by atoms with Gasteiger partial charge in [-0.25, -0.2) is 0 Å². The van der Waals surface area contributed by atoms with Gasteiger partial charge < -0.3 is 9.52 Å². The van der Waals surface area contributed by atoms with Crippen LogP contribution in [0.2, 0.25) is 0 Å². The standard InChI is InChI=1S/C20H13Br2N3O3S2/c21-13-7-12(18(26)16(22)8-13)10-23-24-20-25(11-14-3-1-5-28-14)19(27)17(30-20)9-15-4-2-6-29-15/h1-10,26H,11H2/b17-9-,23-10-,24-20+. The average molecular weight is 567 g/mol. The fraction of sp³-hybridized carbons (Fsp3) is 0.0500. The average Bonchev–Trinajstić information content (AvgIpc) is 3.46. The van der Waals surface area contributed by atoms with Gasteiger partial charge in [0.15, 0.2) is 5.17 Å². The van der Waals surface area contributed by atoms with Gasteiger partial charge in [0.05, 0.1) is 28.4 Å². The lowest BCUT2D eigenvalue weighted by Crippen LogP contribution is -2.28. The van der Waals surface area contributed by atoms with Gasteiger partial charge in [0, 0.05) is 14.9 Å². The van der Waals surface area contributed by atoms with Crippen molar-refractivity contribution in [2.75, 3.05) is 0 Å². The van der Waals surface area contributed by atoms with E-state index in [9.17, 15) is 9.90 Å². The lowest BCUT2D eigenvalue weighted by atomic mass is 10.2. The molecule has 3 aromatic rings. The number of furan rings is 1. The van der Waals surface area contributed by atoms with Crippen LogP contribution in [0.25, 0.3) is 6.08 Å². The number of thioether (sulfide) groups is 1. The Labute approximate surface area is 197 Å². The molecule has 0 atom stereocenters. The molecule has 6 nitrogen and oxygen atoms in total. The Morgan fingerprint density at radius 2 is 2.10 bits per heavy atom. The first-order valence-electron chi connectivity index (χ1n) is 8.57. The van der Waals surface area contributed by atoms with Gasteiger partial charge in [0.2, 0.25) is 0 Å². The minimum atomic E-state index is -0.160. The summed E-state index contributed by atoms with van der Waals surface area (Å²) < 4.78 is 6.72. The van der Waals surface area contributed by atoms with Gasteiger partial charge in [-0.2, -0.15) is 5.10 Å². The third kappa shape index (κ3) is 4.77. The number of hydrogen-bond acceptors (Lipinski definition) is 7. The molecule has 0 saturated carbocycles. The number of rotatable bonds is 5. The molecule has 30 heavy (non-hydrogen) atoms. The van der Waals surface area contributed by atoms with Crippen LogP contribution in [0.15, 0.2) is 76.5 Å². The molecule has 0 bridgehead atoms. The van der Waals surface area contributed by atoms with E-state index in [0.29, 0.717) is 25.9 Å². The number of halogens is 2. The number of phenols is 1. The van der Waals surface area contributed by atoms with E-state index in [2.05, 4.69) is 42.1 Å². The van der Waals surface area contributed by atoms with E-state index < -0.39 is 0 Å². The largest absolute Gasteiger partial charge is 0.506 e. The third-order valence-electron chi connectivity index (χ3n) is 4.00. The molecule has 1 fully saturated rings. The van der Waals surface area contributed by atoms with Crippen molar-refractivity contribution in [3.8, 4) is 5.75 Å². The van der Waals surface area contributed by atoms with Crippen LogP contribution in [-0.4, -0.2) is 27.3 Å². The lowest BCUT2D eigenvalue weighted by Gasteiger charge is -2.12. The summed E-state index contributed by atoms with van der Waals surface area (Å²) in [6, 6.07) is 10.9. The molecule has 1 amide bonds. The number of amidine groups is 1. The molecule has 1 aliphatic heterocycles. The predicted molar refractivity (Wildman–Crippen MR) is 128 cm³/mol. The van der Waals surface area contributed by atoms with Crippen molar-refractivity contribution in [2.24, 2.45) is 10.2 Å². The monoisotopic (exact) mass is 565 g/mol. The molecule has 0 radical (unpaired) electrons. The quantitative estimate of drug-likeness (QED) is 0.231. The van der Waals surface area contributed by atoms with Crippen molar-refractivity contribution in [1.82, 2.24) is 4.90 Å². The zero-order chi connectivity index (χ0) is 21.1. The summed E-state index contributed by atoms with van der Waals surface area (Å²) in [4.78, 5) is 16.0. The first-order valence-corrected chi connectivity index (χ1v) is 11.9. The van der Waals surface area contributed by atoms with Gasteiger partial charge in [-0.15, -0.1) is 16.4 Å². The number of amides is 1. The summed E-state index contributed by atoms with van der Waals surface area (Å²) in [5, 5.41) is 20.9. The van der Waals surface area contributed by atoms with Crippen LogP contribution in [0.4, 0.5) is 0 Å². The summed E-state index contributed by atoms with van der Waals surface area (Å²) in [5.74, 6) is 0.543. The van der Waals surface area contributed by atoms with Crippen molar-refractivity contribution in [3.63, 3.8) is 0 Å². The van der Waals surface area contributed by atoms with Crippen molar-refractivity contribution in [2.45, 2.75) is 6.54 Å². The molecular weight excluding hydrogens is 554 g/mol. The number of carbonyl (C=O) groups excluding carboxylic acids is 1. The molecular formula is C20H13Br2N3O3S2. The van der Waals surface area contributed by atoms with E-state index in [1.54, 1.807) is 41.9 Å². The smallest absolute Gasteiger partial charge is 0.267 e. The maximum atomic E-state index is 13.0. The molecule has 2 aromatic heterocycles. The topological polar surface area (TPSA) is 78.4 Å². The van der Waals surface area contributed by atoms with Crippen molar-refractivity contribution < 1.29 is 14.3 Å². The number of hydrogen-bond donors (Lipinski definition) is 1. The minimum Gasteiger partial charge on any atom is -0.506 e. The Hall–Kier alpha value is -2.14. The fourth-order valence-electron chi connectivity index (χ4n) is 2.61. The maximum absolute atomic E-state index is 13.0. The molecule has 0 aliphatic carbocycles. The highest BCUT2D eigenvalue weighted by molar-refractivity contribution is 9.11. The van der Waals surface area contributed by atoms with E-state index in [-0.39, 0.29) is 18.2 Å². The van der Waals surface area contributed by atoms with Gasteiger partial charge in [0.1, 0.15) is 11.5 Å². The van der Waals surface area contributed by atoms with E-state index in [4.69, 9.17) is 4.42 Å². The van der Waals surface area contributed by atoms with Crippen LogP contribution in [-0.2, 0) is 11.3 Å². The zero-order valence-corrected chi connectivity index (χ0v) is 20.0. The summed E-state index contributed by atoms with van der Waals surface area (Å²) in [6.07, 6.45) is 4.85. The van der Waals surface area contributed by atoms with Crippen LogP contribution < -0.4 is 0 Å². The Morgan fingerprint density at radius 3 is 2.83 bits per heavy atom. The van der Waals surface area contributed by atoms with Crippen LogP contribution >= 0.6 is 55.0 Å². The molecule has 10 heteroatoms. The molecule has 152 valence electrons. The molecule has 0 unspecified atom stereocenters. The minimum absolute atomic E-state index is 0.0584. The van der Waals surface area contributed by atoms with Gasteiger partial charge >= 0.3 is 0 Å². The molecule has 0 spiro atoms. The van der Waals surface area contributed by atoms with Crippen molar-refractivity contribution in [3.05, 3.63) is 78.1 Å². The van der Waals surface area contributed by atoms with Crippen LogP contribution in [0.3, 0.4) is 0 Å². The number of carbonyl (C=O) groups is 1. The number of benzene rings is 1. The highest BCUT2D eigenvalue weighted by atomic mass is 79.9. The lowest BCUT2D eigenvalue weighted by molar-refractivity contribution is -0.122. The van der Waals surface area contributed by atoms with Crippen molar-refractivity contribution in [1.29, 1.82) is 0 Å².